The Morgan fingerprint density at radius 3 is 2.82 bits per heavy atom. The fraction of sp³-hybridized carbons (Fsp3) is 0.500. The SMILES string of the molecule is COc1ccccc1[C@@H](O)CNC(=O)N[C@@H]1CCS(=O)(=O)C1. The van der Waals surface area contributed by atoms with Crippen molar-refractivity contribution >= 4 is 15.9 Å². The summed E-state index contributed by atoms with van der Waals surface area (Å²) in [6.45, 7) is 0.00563. The van der Waals surface area contributed by atoms with Crippen LogP contribution in [0.4, 0.5) is 4.79 Å². The van der Waals surface area contributed by atoms with Gasteiger partial charge < -0.3 is 20.5 Å². The van der Waals surface area contributed by atoms with Gasteiger partial charge in [-0.2, -0.15) is 0 Å². The number of hydrogen-bond acceptors (Lipinski definition) is 5. The summed E-state index contributed by atoms with van der Waals surface area (Å²) in [5.41, 5.74) is 0.578. The van der Waals surface area contributed by atoms with E-state index in [9.17, 15) is 18.3 Å². The molecular weight excluding hydrogens is 308 g/mol. The van der Waals surface area contributed by atoms with Crippen LogP contribution in [0.1, 0.15) is 18.1 Å². The lowest BCUT2D eigenvalue weighted by Gasteiger charge is -2.17. The molecule has 0 aromatic heterocycles. The number of hydrogen-bond donors (Lipinski definition) is 3. The van der Waals surface area contributed by atoms with Gasteiger partial charge in [-0.25, -0.2) is 13.2 Å². The zero-order valence-electron chi connectivity index (χ0n) is 12.3. The van der Waals surface area contributed by atoms with E-state index in [1.54, 1.807) is 24.3 Å². The fourth-order valence-corrected chi connectivity index (χ4v) is 4.06. The molecule has 0 bridgehead atoms. The molecule has 7 nitrogen and oxygen atoms in total. The third kappa shape index (κ3) is 4.35. The van der Waals surface area contributed by atoms with Crippen LogP contribution in [0.5, 0.6) is 5.75 Å². The van der Waals surface area contributed by atoms with Gasteiger partial charge in [-0.15, -0.1) is 0 Å². The molecule has 1 heterocycles. The fourth-order valence-electron chi connectivity index (χ4n) is 2.39. The number of sulfone groups is 1. The van der Waals surface area contributed by atoms with Gasteiger partial charge in [0.05, 0.1) is 24.7 Å². The van der Waals surface area contributed by atoms with Gasteiger partial charge in [-0.3, -0.25) is 0 Å². The molecule has 2 atom stereocenters. The van der Waals surface area contributed by atoms with Crippen molar-refractivity contribution in [2.45, 2.75) is 18.6 Å². The van der Waals surface area contributed by atoms with Gasteiger partial charge in [0.1, 0.15) is 5.75 Å². The molecular formula is C14H20N2O5S. The van der Waals surface area contributed by atoms with Crippen LogP contribution in [0.2, 0.25) is 0 Å². The Morgan fingerprint density at radius 1 is 1.45 bits per heavy atom. The number of rotatable bonds is 5. The molecule has 2 amide bonds. The van der Waals surface area contributed by atoms with Crippen LogP contribution >= 0.6 is 0 Å². The third-order valence-corrected chi connectivity index (χ3v) is 5.29. The molecule has 1 fully saturated rings. The first kappa shape index (κ1) is 16.6. The van der Waals surface area contributed by atoms with Crippen molar-refractivity contribution in [3.8, 4) is 5.75 Å². The number of aliphatic hydroxyl groups is 1. The van der Waals surface area contributed by atoms with Crippen LogP contribution in [-0.4, -0.2) is 50.8 Å². The van der Waals surface area contributed by atoms with Gasteiger partial charge in [0, 0.05) is 18.2 Å². The summed E-state index contributed by atoms with van der Waals surface area (Å²) in [7, 11) is -1.53. The molecule has 2 rings (SSSR count). The van der Waals surface area contributed by atoms with E-state index < -0.39 is 22.0 Å². The summed E-state index contributed by atoms with van der Waals surface area (Å²) in [5, 5.41) is 15.2. The molecule has 1 saturated heterocycles. The Labute approximate surface area is 129 Å². The zero-order chi connectivity index (χ0) is 16.2. The van der Waals surface area contributed by atoms with Crippen molar-refractivity contribution in [1.82, 2.24) is 10.6 Å². The molecule has 0 radical (unpaired) electrons. The highest BCUT2D eigenvalue weighted by atomic mass is 32.2. The molecule has 1 aromatic carbocycles. The number of benzene rings is 1. The summed E-state index contributed by atoms with van der Waals surface area (Å²) in [4.78, 5) is 11.7. The third-order valence-electron chi connectivity index (χ3n) is 3.52. The number of amides is 2. The highest BCUT2D eigenvalue weighted by molar-refractivity contribution is 7.91. The molecule has 1 aliphatic rings. The highest BCUT2D eigenvalue weighted by Crippen LogP contribution is 2.23. The Morgan fingerprint density at radius 2 is 2.18 bits per heavy atom. The van der Waals surface area contributed by atoms with Crippen molar-refractivity contribution in [3.05, 3.63) is 29.8 Å². The van der Waals surface area contributed by atoms with Crippen LogP contribution < -0.4 is 15.4 Å². The van der Waals surface area contributed by atoms with Gasteiger partial charge in [0.15, 0.2) is 9.84 Å². The molecule has 0 aliphatic carbocycles. The van der Waals surface area contributed by atoms with Crippen LogP contribution in [0.15, 0.2) is 24.3 Å². The average molecular weight is 328 g/mol. The number of para-hydroxylation sites is 1. The molecule has 0 saturated carbocycles. The largest absolute Gasteiger partial charge is 0.496 e. The van der Waals surface area contributed by atoms with E-state index in [0.717, 1.165) is 0 Å². The summed E-state index contributed by atoms with van der Waals surface area (Å²) in [6.07, 6.45) is -0.487. The van der Waals surface area contributed by atoms with Crippen molar-refractivity contribution in [1.29, 1.82) is 0 Å². The highest BCUT2D eigenvalue weighted by Gasteiger charge is 2.29. The normalized spacial score (nSPS) is 21.1. The van der Waals surface area contributed by atoms with E-state index in [0.29, 0.717) is 17.7 Å². The summed E-state index contributed by atoms with van der Waals surface area (Å²) in [5.74, 6) is 0.608. The number of carbonyl (C=O) groups is 1. The average Bonchev–Trinajstić information content (AvgIpc) is 2.83. The van der Waals surface area contributed by atoms with E-state index >= 15 is 0 Å². The van der Waals surface area contributed by atoms with Gasteiger partial charge >= 0.3 is 6.03 Å². The molecule has 1 aliphatic heterocycles. The minimum atomic E-state index is -3.03. The number of aliphatic hydroxyl groups excluding tert-OH is 1. The quantitative estimate of drug-likeness (QED) is 0.717. The molecule has 122 valence electrons. The van der Waals surface area contributed by atoms with Crippen molar-refractivity contribution in [2.75, 3.05) is 25.2 Å². The van der Waals surface area contributed by atoms with E-state index in [2.05, 4.69) is 10.6 Å². The Balaban J connectivity index is 1.83. The van der Waals surface area contributed by atoms with Crippen molar-refractivity contribution in [2.24, 2.45) is 0 Å². The predicted molar refractivity (Wildman–Crippen MR) is 81.5 cm³/mol. The summed E-state index contributed by atoms with van der Waals surface area (Å²) >= 11 is 0. The lowest BCUT2D eigenvalue weighted by molar-refractivity contribution is 0.169. The van der Waals surface area contributed by atoms with E-state index in [1.165, 1.54) is 7.11 Å². The topological polar surface area (TPSA) is 105 Å². The second-order valence-electron chi connectivity index (χ2n) is 5.21. The second kappa shape index (κ2) is 6.97. The first-order chi connectivity index (χ1) is 10.4. The first-order valence-corrected chi connectivity index (χ1v) is 8.79. The van der Waals surface area contributed by atoms with E-state index in [1.807, 2.05) is 0 Å². The number of carbonyl (C=O) groups excluding carboxylic acids is 1. The maximum Gasteiger partial charge on any atom is 0.315 e. The lowest BCUT2D eigenvalue weighted by Crippen LogP contribution is -2.43. The first-order valence-electron chi connectivity index (χ1n) is 6.97. The maximum absolute atomic E-state index is 11.7. The number of urea groups is 1. The monoisotopic (exact) mass is 328 g/mol. The number of methoxy groups -OCH3 is 1. The lowest BCUT2D eigenvalue weighted by atomic mass is 10.1. The van der Waals surface area contributed by atoms with E-state index in [4.69, 9.17) is 4.74 Å². The molecule has 0 spiro atoms. The molecule has 0 unspecified atom stereocenters. The maximum atomic E-state index is 11.7. The van der Waals surface area contributed by atoms with E-state index in [-0.39, 0.29) is 24.1 Å². The van der Waals surface area contributed by atoms with Gasteiger partial charge in [0.25, 0.3) is 0 Å². The number of ether oxygens (including phenoxy) is 1. The summed E-state index contributed by atoms with van der Waals surface area (Å²) in [6, 6.07) is 6.14. The summed E-state index contributed by atoms with van der Waals surface area (Å²) < 4.78 is 27.8. The minimum Gasteiger partial charge on any atom is -0.496 e. The Hall–Kier alpha value is -1.80. The number of nitrogens with one attached hydrogen (secondary N) is 2. The molecule has 8 heteroatoms. The Bertz CT molecular complexity index is 632. The van der Waals surface area contributed by atoms with Crippen LogP contribution in [0.25, 0.3) is 0 Å². The second-order valence-corrected chi connectivity index (χ2v) is 7.44. The van der Waals surface area contributed by atoms with Gasteiger partial charge in [-0.1, -0.05) is 18.2 Å². The Kier molecular flexibility index (Phi) is 5.25. The van der Waals surface area contributed by atoms with Crippen LogP contribution in [0, 0.1) is 0 Å². The molecule has 1 aromatic rings. The van der Waals surface area contributed by atoms with Crippen molar-refractivity contribution in [3.63, 3.8) is 0 Å². The smallest absolute Gasteiger partial charge is 0.315 e. The van der Waals surface area contributed by atoms with Gasteiger partial charge in [0.2, 0.25) is 0 Å². The van der Waals surface area contributed by atoms with Crippen LogP contribution in [-0.2, 0) is 9.84 Å². The van der Waals surface area contributed by atoms with Gasteiger partial charge in [-0.05, 0) is 12.5 Å². The zero-order valence-corrected chi connectivity index (χ0v) is 13.1. The predicted octanol–water partition coefficient (Wildman–Crippen LogP) is 0.215. The minimum absolute atomic E-state index is 0.00563. The van der Waals surface area contributed by atoms with Crippen molar-refractivity contribution < 1.29 is 23.1 Å². The molecule has 3 N–H and O–H groups in total. The standard InChI is InChI=1S/C14H20N2O5S/c1-21-13-5-3-2-4-11(13)12(17)8-15-14(18)16-10-6-7-22(19,20)9-10/h2-5,10,12,17H,6-9H2,1H3,(H2,15,16,18)/t10-,12+/m1/s1. The van der Waals surface area contributed by atoms with Crippen LogP contribution in [0.3, 0.4) is 0 Å². The molecule has 22 heavy (non-hydrogen) atoms.